The number of hydrogen-bond acceptors (Lipinski definition) is 6. The molecule has 0 aliphatic carbocycles. The van der Waals surface area contributed by atoms with Gasteiger partial charge in [0.25, 0.3) is 5.91 Å². The molecule has 1 N–H and O–H groups in total. The Balaban J connectivity index is 2.03. The van der Waals surface area contributed by atoms with E-state index in [0.717, 1.165) is 4.90 Å². The van der Waals surface area contributed by atoms with Gasteiger partial charge in [0.1, 0.15) is 17.4 Å². The van der Waals surface area contributed by atoms with Gasteiger partial charge in [0.15, 0.2) is 6.61 Å². The van der Waals surface area contributed by atoms with Crippen molar-refractivity contribution in [2.24, 2.45) is 0 Å². The Morgan fingerprint density at radius 1 is 1.27 bits per heavy atom. The molecule has 0 atom stereocenters. The summed E-state index contributed by atoms with van der Waals surface area (Å²) in [6, 6.07) is 11.5. The molecule has 0 saturated heterocycles. The van der Waals surface area contributed by atoms with Crippen molar-refractivity contribution in [1.29, 1.82) is 5.26 Å². The largest absolute Gasteiger partial charge is 0.496 e. The van der Waals surface area contributed by atoms with Gasteiger partial charge in [0, 0.05) is 9.92 Å². The lowest BCUT2D eigenvalue weighted by Gasteiger charge is -2.11. The van der Waals surface area contributed by atoms with Crippen molar-refractivity contribution in [2.75, 3.05) is 25.3 Å². The number of hydrogen-bond donors (Lipinski definition) is 1. The number of anilines is 1. The number of carbonyl (C=O) groups is 2. The predicted molar refractivity (Wildman–Crippen MR) is 99.9 cm³/mol. The third-order valence-corrected chi connectivity index (χ3v) is 4.30. The molecule has 0 spiro atoms. The number of benzene rings is 2. The van der Waals surface area contributed by atoms with Gasteiger partial charge in [-0.2, -0.15) is 5.26 Å². The molecule has 2 rings (SSSR count). The number of methoxy groups -OCH3 is 1. The van der Waals surface area contributed by atoms with Gasteiger partial charge in [-0.3, -0.25) is 4.79 Å². The van der Waals surface area contributed by atoms with Crippen molar-refractivity contribution >= 4 is 40.9 Å². The van der Waals surface area contributed by atoms with Crippen molar-refractivity contribution in [1.82, 2.24) is 0 Å². The maximum atomic E-state index is 12.2. The highest BCUT2D eigenvalue weighted by Gasteiger charge is 2.16. The maximum absolute atomic E-state index is 12.2. The lowest BCUT2D eigenvalue weighted by molar-refractivity contribution is -0.119. The van der Waals surface area contributed by atoms with E-state index in [1.807, 2.05) is 12.3 Å². The van der Waals surface area contributed by atoms with Crippen LogP contribution in [0, 0.1) is 11.3 Å². The van der Waals surface area contributed by atoms with Gasteiger partial charge in [-0.05, 0) is 42.7 Å². The van der Waals surface area contributed by atoms with Crippen molar-refractivity contribution in [3.63, 3.8) is 0 Å². The number of carbonyl (C=O) groups excluding carboxylic acids is 2. The number of nitriles is 1. The average Bonchev–Trinajstić information content (AvgIpc) is 2.65. The summed E-state index contributed by atoms with van der Waals surface area (Å²) < 4.78 is 10.2. The zero-order chi connectivity index (χ0) is 19.1. The predicted octanol–water partition coefficient (Wildman–Crippen LogP) is 3.74. The van der Waals surface area contributed by atoms with Crippen LogP contribution >= 0.6 is 23.4 Å². The van der Waals surface area contributed by atoms with Crippen molar-refractivity contribution < 1.29 is 19.1 Å². The molecule has 134 valence electrons. The molecule has 0 aliphatic heterocycles. The van der Waals surface area contributed by atoms with Gasteiger partial charge in [-0.25, -0.2) is 4.79 Å². The first-order valence-electron chi connectivity index (χ1n) is 7.37. The van der Waals surface area contributed by atoms with E-state index in [-0.39, 0.29) is 16.8 Å². The third kappa shape index (κ3) is 4.91. The molecule has 0 aromatic heterocycles. The molecular weight excluding hydrogens is 376 g/mol. The Bertz CT molecular complexity index is 880. The zero-order valence-corrected chi connectivity index (χ0v) is 15.6. The van der Waals surface area contributed by atoms with E-state index in [0.29, 0.717) is 10.8 Å². The van der Waals surface area contributed by atoms with Gasteiger partial charge in [-0.1, -0.05) is 11.6 Å². The highest BCUT2D eigenvalue weighted by atomic mass is 35.5. The molecule has 0 unspecified atom stereocenters. The summed E-state index contributed by atoms with van der Waals surface area (Å²) in [6.07, 6.45) is 1.91. The molecule has 0 fully saturated rings. The Kier molecular flexibility index (Phi) is 6.89. The number of nitrogens with one attached hydrogen (secondary N) is 1. The summed E-state index contributed by atoms with van der Waals surface area (Å²) in [5.41, 5.74) is 0.727. The molecular formula is C18H15ClN2O4S. The van der Waals surface area contributed by atoms with Gasteiger partial charge in [0.2, 0.25) is 0 Å². The topological polar surface area (TPSA) is 88.4 Å². The van der Waals surface area contributed by atoms with Crippen LogP contribution in [0.25, 0.3) is 0 Å². The molecule has 1 amide bonds. The summed E-state index contributed by atoms with van der Waals surface area (Å²) in [4.78, 5) is 25.1. The van der Waals surface area contributed by atoms with Crippen molar-refractivity contribution in [2.45, 2.75) is 4.90 Å². The number of halogens is 1. The van der Waals surface area contributed by atoms with Crippen LogP contribution in [0.4, 0.5) is 5.69 Å². The van der Waals surface area contributed by atoms with Crippen LogP contribution in [0.1, 0.15) is 15.9 Å². The van der Waals surface area contributed by atoms with E-state index in [9.17, 15) is 9.59 Å². The standard InChI is InChI=1S/C18H15ClN2O4S/c1-24-16-8-13(26-2)5-6-14(16)18(23)25-10-17(22)21-15-7-12(19)4-3-11(15)9-20/h3-8H,10H2,1-2H3,(H,21,22). The smallest absolute Gasteiger partial charge is 0.342 e. The molecule has 0 aliphatic rings. The van der Waals surface area contributed by atoms with Crippen molar-refractivity contribution in [3.8, 4) is 11.8 Å². The number of ether oxygens (including phenoxy) is 2. The fraction of sp³-hybridized carbons (Fsp3) is 0.167. The van der Waals surface area contributed by atoms with E-state index in [1.165, 1.54) is 31.0 Å². The van der Waals surface area contributed by atoms with Crippen LogP contribution in [0.3, 0.4) is 0 Å². The average molecular weight is 391 g/mol. The highest BCUT2D eigenvalue weighted by molar-refractivity contribution is 7.98. The SMILES string of the molecule is COc1cc(SC)ccc1C(=O)OCC(=O)Nc1cc(Cl)ccc1C#N. The molecule has 0 saturated carbocycles. The second kappa shape index (κ2) is 9.13. The molecule has 26 heavy (non-hydrogen) atoms. The van der Waals surface area contributed by atoms with Gasteiger partial charge in [-0.15, -0.1) is 11.8 Å². The fourth-order valence-electron chi connectivity index (χ4n) is 2.08. The Morgan fingerprint density at radius 3 is 2.69 bits per heavy atom. The first-order chi connectivity index (χ1) is 12.5. The first kappa shape index (κ1) is 19.6. The summed E-state index contributed by atoms with van der Waals surface area (Å²) in [5.74, 6) is -0.906. The lowest BCUT2D eigenvalue weighted by atomic mass is 10.2. The van der Waals surface area contributed by atoms with Crippen molar-refractivity contribution in [3.05, 3.63) is 52.5 Å². The Hall–Kier alpha value is -2.69. The van der Waals surface area contributed by atoms with Gasteiger partial charge >= 0.3 is 5.97 Å². The molecule has 2 aromatic carbocycles. The molecule has 8 heteroatoms. The van der Waals surface area contributed by atoms with E-state index in [1.54, 1.807) is 24.3 Å². The van der Waals surface area contributed by atoms with E-state index >= 15 is 0 Å². The lowest BCUT2D eigenvalue weighted by Crippen LogP contribution is -2.21. The molecule has 0 bridgehead atoms. The second-order valence-corrected chi connectivity index (χ2v) is 6.31. The van der Waals surface area contributed by atoms with Crippen LogP contribution < -0.4 is 10.1 Å². The van der Waals surface area contributed by atoms with Crippen LogP contribution in [-0.4, -0.2) is 31.8 Å². The van der Waals surface area contributed by atoms with E-state index in [2.05, 4.69) is 5.32 Å². The molecule has 6 nitrogen and oxygen atoms in total. The summed E-state index contributed by atoms with van der Waals surface area (Å²) in [6.45, 7) is -0.510. The van der Waals surface area contributed by atoms with Crippen LogP contribution in [0.15, 0.2) is 41.3 Å². The third-order valence-electron chi connectivity index (χ3n) is 3.34. The minimum atomic E-state index is -0.684. The van der Waals surface area contributed by atoms with E-state index in [4.69, 9.17) is 26.3 Å². The number of rotatable bonds is 6. The summed E-state index contributed by atoms with van der Waals surface area (Å²) in [5, 5.41) is 11.9. The fourth-order valence-corrected chi connectivity index (χ4v) is 2.68. The zero-order valence-electron chi connectivity index (χ0n) is 14.0. The first-order valence-corrected chi connectivity index (χ1v) is 8.97. The Morgan fingerprint density at radius 2 is 2.04 bits per heavy atom. The maximum Gasteiger partial charge on any atom is 0.342 e. The molecule has 2 aromatic rings. The number of thioether (sulfide) groups is 1. The number of amides is 1. The second-order valence-electron chi connectivity index (χ2n) is 4.99. The quantitative estimate of drug-likeness (QED) is 0.597. The number of esters is 1. The van der Waals surface area contributed by atoms with Crippen LogP contribution in [0.2, 0.25) is 5.02 Å². The monoisotopic (exact) mass is 390 g/mol. The van der Waals surface area contributed by atoms with Crippen LogP contribution in [-0.2, 0) is 9.53 Å². The minimum Gasteiger partial charge on any atom is -0.496 e. The highest BCUT2D eigenvalue weighted by Crippen LogP contribution is 2.26. The van der Waals surface area contributed by atoms with E-state index < -0.39 is 18.5 Å². The normalized spacial score (nSPS) is 9.92. The van der Waals surface area contributed by atoms with Crippen LogP contribution in [0.5, 0.6) is 5.75 Å². The Labute approximate surface area is 160 Å². The van der Waals surface area contributed by atoms with Gasteiger partial charge in [0.05, 0.1) is 18.4 Å². The summed E-state index contributed by atoms with van der Waals surface area (Å²) >= 11 is 7.37. The van der Waals surface area contributed by atoms with Gasteiger partial charge < -0.3 is 14.8 Å². The molecule has 0 radical (unpaired) electrons. The minimum absolute atomic E-state index is 0.221. The number of nitrogens with zero attached hydrogens (tertiary/aromatic N) is 1. The summed E-state index contributed by atoms with van der Waals surface area (Å²) in [7, 11) is 1.45. The molecule has 0 heterocycles.